The maximum Gasteiger partial charge on any atom is 0.329 e. The Labute approximate surface area is 182 Å². The fourth-order valence-electron chi connectivity index (χ4n) is 2.81. The summed E-state index contributed by atoms with van der Waals surface area (Å²) in [6, 6.07) is 4.63. The van der Waals surface area contributed by atoms with E-state index < -0.39 is 34.5 Å². The van der Waals surface area contributed by atoms with Crippen molar-refractivity contribution < 1.29 is 32.3 Å². The second-order valence-corrected chi connectivity index (χ2v) is 9.57. The number of amides is 2. The fraction of sp³-hybridized carbons (Fsp3) is 0.550. The molecule has 1 atom stereocenters. The van der Waals surface area contributed by atoms with E-state index >= 15 is 0 Å². The normalized spacial score (nSPS) is 15.9. The molecule has 11 heteroatoms. The average molecular weight is 456 g/mol. The summed E-state index contributed by atoms with van der Waals surface area (Å²) in [5, 5.41) is 2.58. The predicted molar refractivity (Wildman–Crippen MR) is 112 cm³/mol. The van der Waals surface area contributed by atoms with Crippen LogP contribution >= 0.6 is 0 Å². The summed E-state index contributed by atoms with van der Waals surface area (Å²) in [4.78, 5) is 38.0. The molecule has 2 amide bonds. The van der Waals surface area contributed by atoms with Crippen LogP contribution in [0.5, 0.6) is 0 Å². The molecular weight excluding hydrogens is 426 g/mol. The van der Waals surface area contributed by atoms with Crippen molar-refractivity contribution in [2.75, 3.05) is 47.0 Å². The quantitative estimate of drug-likeness (QED) is 0.551. The summed E-state index contributed by atoms with van der Waals surface area (Å²) < 4.78 is 37.2. The van der Waals surface area contributed by atoms with Gasteiger partial charge in [-0.2, -0.15) is 4.31 Å². The molecule has 0 saturated carbocycles. The van der Waals surface area contributed by atoms with Gasteiger partial charge in [-0.1, -0.05) is 19.9 Å². The number of benzene rings is 1. The van der Waals surface area contributed by atoms with E-state index in [0.29, 0.717) is 13.2 Å². The summed E-state index contributed by atoms with van der Waals surface area (Å²) >= 11 is 0. The first-order valence-electron chi connectivity index (χ1n) is 9.89. The first-order chi connectivity index (χ1) is 14.5. The van der Waals surface area contributed by atoms with E-state index in [0.717, 1.165) is 0 Å². The molecule has 0 radical (unpaired) electrons. The molecule has 1 N–H and O–H groups in total. The summed E-state index contributed by atoms with van der Waals surface area (Å²) in [6.07, 6.45) is 0. The number of hydrogen-bond acceptors (Lipinski definition) is 7. The van der Waals surface area contributed by atoms with Gasteiger partial charge in [0.1, 0.15) is 6.04 Å². The Morgan fingerprint density at radius 3 is 2.42 bits per heavy atom. The van der Waals surface area contributed by atoms with Gasteiger partial charge in [-0.25, -0.2) is 13.2 Å². The topological polar surface area (TPSA) is 122 Å². The van der Waals surface area contributed by atoms with Crippen LogP contribution in [0.25, 0.3) is 0 Å². The zero-order valence-electron chi connectivity index (χ0n) is 18.2. The number of ether oxygens (including phenoxy) is 2. The molecule has 10 nitrogen and oxygen atoms in total. The van der Waals surface area contributed by atoms with Crippen LogP contribution in [0.4, 0.5) is 0 Å². The molecule has 1 aliphatic heterocycles. The Bertz CT molecular complexity index is 909. The number of hydrogen-bond donors (Lipinski definition) is 1. The van der Waals surface area contributed by atoms with E-state index in [-0.39, 0.29) is 35.4 Å². The van der Waals surface area contributed by atoms with E-state index in [9.17, 15) is 22.8 Å². The molecular formula is C20H29N3O7S. The number of morpholine rings is 1. The Kier molecular flexibility index (Phi) is 8.54. The number of carbonyl (C=O) groups excluding carboxylic acids is 3. The zero-order chi connectivity index (χ0) is 23.2. The third-order valence-electron chi connectivity index (χ3n) is 4.75. The maximum absolute atomic E-state index is 12.8. The van der Waals surface area contributed by atoms with E-state index in [1.54, 1.807) is 13.8 Å². The van der Waals surface area contributed by atoms with Crippen molar-refractivity contribution >= 4 is 27.8 Å². The summed E-state index contributed by atoms with van der Waals surface area (Å²) in [5.41, 5.74) is 0.0946. The Morgan fingerprint density at radius 2 is 1.84 bits per heavy atom. The maximum atomic E-state index is 12.8. The molecule has 1 aliphatic rings. The van der Waals surface area contributed by atoms with Crippen LogP contribution in [0.3, 0.4) is 0 Å². The van der Waals surface area contributed by atoms with Gasteiger partial charge in [0.05, 0.1) is 18.1 Å². The van der Waals surface area contributed by atoms with E-state index in [1.165, 1.54) is 47.6 Å². The summed E-state index contributed by atoms with van der Waals surface area (Å²) in [5.74, 6) is -2.06. The van der Waals surface area contributed by atoms with E-state index in [1.807, 2.05) is 0 Å². The van der Waals surface area contributed by atoms with Gasteiger partial charge in [0.2, 0.25) is 10.0 Å². The van der Waals surface area contributed by atoms with Gasteiger partial charge < -0.3 is 19.7 Å². The summed E-state index contributed by atoms with van der Waals surface area (Å²) in [6.45, 7) is 4.12. The van der Waals surface area contributed by atoms with Crippen molar-refractivity contribution in [3.63, 3.8) is 0 Å². The number of likely N-dealkylation sites (N-methyl/N-ethyl adjacent to an activating group) is 1. The zero-order valence-corrected chi connectivity index (χ0v) is 19.0. The second kappa shape index (κ2) is 10.7. The Balaban J connectivity index is 2.13. The van der Waals surface area contributed by atoms with Crippen LogP contribution in [0.2, 0.25) is 0 Å². The van der Waals surface area contributed by atoms with Crippen LogP contribution in [-0.2, 0) is 29.1 Å². The monoisotopic (exact) mass is 455 g/mol. The van der Waals surface area contributed by atoms with Crippen molar-refractivity contribution in [2.24, 2.45) is 5.92 Å². The van der Waals surface area contributed by atoms with Crippen molar-refractivity contribution in [3.8, 4) is 0 Å². The van der Waals surface area contributed by atoms with Crippen molar-refractivity contribution in [3.05, 3.63) is 29.8 Å². The molecule has 1 aromatic carbocycles. The molecule has 0 unspecified atom stereocenters. The molecule has 0 spiro atoms. The SMILES string of the molecule is CC(C)[C@H](NC(=O)c1cccc(S(=O)(=O)N2CCOCC2)c1)C(=O)OCC(=O)N(C)C. The Morgan fingerprint density at radius 1 is 1.19 bits per heavy atom. The third-order valence-corrected chi connectivity index (χ3v) is 6.64. The van der Waals surface area contributed by atoms with Crippen LogP contribution < -0.4 is 5.32 Å². The van der Waals surface area contributed by atoms with Crippen molar-refractivity contribution in [1.29, 1.82) is 0 Å². The number of nitrogens with zero attached hydrogens (tertiary/aromatic N) is 2. The molecule has 172 valence electrons. The van der Waals surface area contributed by atoms with Crippen LogP contribution in [0.15, 0.2) is 29.2 Å². The van der Waals surface area contributed by atoms with Crippen LogP contribution in [-0.4, -0.2) is 88.5 Å². The minimum Gasteiger partial charge on any atom is -0.454 e. The Hall–Kier alpha value is -2.50. The molecule has 1 heterocycles. The largest absolute Gasteiger partial charge is 0.454 e. The third kappa shape index (κ3) is 6.49. The number of sulfonamides is 1. The smallest absolute Gasteiger partial charge is 0.329 e. The van der Waals surface area contributed by atoms with Crippen molar-refractivity contribution in [1.82, 2.24) is 14.5 Å². The van der Waals surface area contributed by atoms with Crippen LogP contribution in [0, 0.1) is 5.92 Å². The molecule has 1 aromatic rings. The standard InChI is InChI=1S/C20H29N3O7S/c1-14(2)18(20(26)30-13-17(24)22(3)4)21-19(25)15-6-5-7-16(12-15)31(27,28)23-8-10-29-11-9-23/h5-7,12,14,18H,8-11,13H2,1-4H3,(H,21,25)/t18-/m0/s1. The highest BCUT2D eigenvalue weighted by molar-refractivity contribution is 7.89. The second-order valence-electron chi connectivity index (χ2n) is 7.64. The lowest BCUT2D eigenvalue weighted by Gasteiger charge is -2.26. The van der Waals surface area contributed by atoms with Gasteiger partial charge in [0.25, 0.3) is 11.8 Å². The van der Waals surface area contributed by atoms with E-state index in [4.69, 9.17) is 9.47 Å². The predicted octanol–water partition coefficient (Wildman–Crippen LogP) is 0.0933. The van der Waals surface area contributed by atoms with Gasteiger partial charge >= 0.3 is 5.97 Å². The number of esters is 1. The first-order valence-corrected chi connectivity index (χ1v) is 11.3. The molecule has 1 saturated heterocycles. The lowest BCUT2D eigenvalue weighted by atomic mass is 10.0. The lowest BCUT2D eigenvalue weighted by Crippen LogP contribution is -2.46. The van der Waals surface area contributed by atoms with Gasteiger partial charge in [0.15, 0.2) is 6.61 Å². The highest BCUT2D eigenvalue weighted by Gasteiger charge is 2.29. The van der Waals surface area contributed by atoms with Gasteiger partial charge in [-0.3, -0.25) is 9.59 Å². The van der Waals surface area contributed by atoms with Gasteiger partial charge in [-0.15, -0.1) is 0 Å². The lowest BCUT2D eigenvalue weighted by molar-refractivity contribution is -0.153. The van der Waals surface area contributed by atoms with E-state index in [2.05, 4.69) is 5.32 Å². The molecule has 31 heavy (non-hydrogen) atoms. The fourth-order valence-corrected chi connectivity index (χ4v) is 4.26. The van der Waals surface area contributed by atoms with Gasteiger partial charge in [0, 0.05) is 32.7 Å². The van der Waals surface area contributed by atoms with Crippen molar-refractivity contribution in [2.45, 2.75) is 24.8 Å². The number of rotatable bonds is 8. The highest BCUT2D eigenvalue weighted by atomic mass is 32.2. The molecule has 1 fully saturated rings. The molecule has 0 aromatic heterocycles. The highest BCUT2D eigenvalue weighted by Crippen LogP contribution is 2.19. The molecule has 0 bridgehead atoms. The van der Waals surface area contributed by atoms with Gasteiger partial charge in [-0.05, 0) is 24.1 Å². The minimum absolute atomic E-state index is 0.0118. The summed E-state index contributed by atoms with van der Waals surface area (Å²) in [7, 11) is -0.691. The average Bonchev–Trinajstić information content (AvgIpc) is 2.75. The van der Waals surface area contributed by atoms with Crippen LogP contribution in [0.1, 0.15) is 24.2 Å². The minimum atomic E-state index is -3.77. The number of nitrogens with one attached hydrogen (secondary N) is 1. The first kappa shape index (κ1) is 24.8. The number of carbonyl (C=O) groups is 3. The molecule has 0 aliphatic carbocycles. The molecule has 2 rings (SSSR count).